The highest BCUT2D eigenvalue weighted by Gasteiger charge is 2.35. The quantitative estimate of drug-likeness (QED) is 0.857. The van der Waals surface area contributed by atoms with Gasteiger partial charge in [0.25, 0.3) is 0 Å². The van der Waals surface area contributed by atoms with Gasteiger partial charge in [-0.25, -0.2) is 4.98 Å². The first-order valence-corrected chi connectivity index (χ1v) is 8.56. The lowest BCUT2D eigenvalue weighted by atomic mass is 9.84. The van der Waals surface area contributed by atoms with Crippen molar-refractivity contribution in [1.82, 2.24) is 14.5 Å². The van der Waals surface area contributed by atoms with E-state index in [1.807, 2.05) is 6.20 Å². The molecule has 1 aromatic rings. The fourth-order valence-corrected chi connectivity index (χ4v) is 3.86. The predicted molar refractivity (Wildman–Crippen MR) is 81.1 cm³/mol. The summed E-state index contributed by atoms with van der Waals surface area (Å²) in [4.78, 5) is 19.3. The fourth-order valence-electron chi connectivity index (χ4n) is 3.86. The molecule has 1 amide bonds. The lowest BCUT2D eigenvalue weighted by Crippen LogP contribution is -2.45. The molecular weight excluding hydrogens is 262 g/mol. The Morgan fingerprint density at radius 3 is 2.67 bits per heavy atom. The molecule has 0 bridgehead atoms. The molecule has 2 aliphatic carbocycles. The number of carbonyl (C=O) groups is 1. The van der Waals surface area contributed by atoms with Crippen LogP contribution >= 0.6 is 0 Å². The van der Waals surface area contributed by atoms with Gasteiger partial charge < -0.3 is 9.47 Å². The van der Waals surface area contributed by atoms with Gasteiger partial charge in [-0.15, -0.1) is 0 Å². The number of hydrogen-bond acceptors (Lipinski definition) is 2. The third-order valence-electron chi connectivity index (χ3n) is 5.48. The van der Waals surface area contributed by atoms with E-state index < -0.39 is 0 Å². The molecule has 0 spiro atoms. The highest BCUT2D eigenvalue weighted by atomic mass is 16.2. The molecule has 1 unspecified atom stereocenters. The number of amides is 1. The van der Waals surface area contributed by atoms with E-state index in [2.05, 4.69) is 21.4 Å². The Morgan fingerprint density at radius 2 is 2.00 bits per heavy atom. The minimum absolute atomic E-state index is 0.329. The molecule has 4 rings (SSSR count). The number of aromatic nitrogens is 2. The summed E-state index contributed by atoms with van der Waals surface area (Å²) in [7, 11) is 0. The summed E-state index contributed by atoms with van der Waals surface area (Å²) in [6.07, 6.45) is 10.4. The zero-order valence-electron chi connectivity index (χ0n) is 12.9. The van der Waals surface area contributed by atoms with Crippen LogP contribution < -0.4 is 0 Å². The van der Waals surface area contributed by atoms with Gasteiger partial charge in [-0.1, -0.05) is 6.42 Å². The maximum Gasteiger partial charge on any atom is 0.225 e. The number of carbonyl (C=O) groups excluding carboxylic acids is 1. The van der Waals surface area contributed by atoms with Gasteiger partial charge in [-0.2, -0.15) is 0 Å². The highest BCUT2D eigenvalue weighted by molar-refractivity contribution is 5.79. The second-order valence-electron chi connectivity index (χ2n) is 7.11. The Labute approximate surface area is 126 Å². The molecule has 1 atom stereocenters. The van der Waals surface area contributed by atoms with Crippen molar-refractivity contribution in [3.63, 3.8) is 0 Å². The van der Waals surface area contributed by atoms with Crippen molar-refractivity contribution in [2.24, 2.45) is 5.92 Å². The largest absolute Gasteiger partial charge is 0.340 e. The molecule has 0 radical (unpaired) electrons. The van der Waals surface area contributed by atoms with Gasteiger partial charge in [0, 0.05) is 36.8 Å². The van der Waals surface area contributed by atoms with Crippen LogP contribution in [0, 0.1) is 12.8 Å². The van der Waals surface area contributed by atoms with Crippen LogP contribution in [0.1, 0.15) is 68.4 Å². The van der Waals surface area contributed by atoms with E-state index in [-0.39, 0.29) is 0 Å². The fraction of sp³-hybridized carbons (Fsp3) is 0.765. The molecule has 4 heteroatoms. The Bertz CT molecular complexity index is 542. The van der Waals surface area contributed by atoms with Crippen LogP contribution in [0.15, 0.2) is 6.20 Å². The second-order valence-corrected chi connectivity index (χ2v) is 7.11. The maximum atomic E-state index is 12.5. The molecule has 1 saturated heterocycles. The summed E-state index contributed by atoms with van der Waals surface area (Å²) in [5.41, 5.74) is 1.26. The minimum Gasteiger partial charge on any atom is -0.340 e. The smallest absolute Gasteiger partial charge is 0.225 e. The van der Waals surface area contributed by atoms with Crippen LogP contribution in [0.3, 0.4) is 0 Å². The van der Waals surface area contributed by atoms with Crippen LogP contribution in [0.25, 0.3) is 0 Å². The van der Waals surface area contributed by atoms with Crippen LogP contribution in [-0.2, 0) is 4.79 Å². The first kappa shape index (κ1) is 13.4. The number of imidazole rings is 1. The molecule has 2 heterocycles. The van der Waals surface area contributed by atoms with Crippen molar-refractivity contribution >= 4 is 5.91 Å². The summed E-state index contributed by atoms with van der Waals surface area (Å²) in [5.74, 6) is 2.69. The summed E-state index contributed by atoms with van der Waals surface area (Å²) >= 11 is 0. The minimum atomic E-state index is 0.329. The van der Waals surface area contributed by atoms with E-state index in [4.69, 9.17) is 0 Å². The normalized spacial score (nSPS) is 26.7. The van der Waals surface area contributed by atoms with Gasteiger partial charge in [0.1, 0.15) is 5.82 Å². The lowest BCUT2D eigenvalue weighted by Gasteiger charge is -2.38. The molecule has 0 N–H and O–H groups in total. The maximum absolute atomic E-state index is 12.5. The third kappa shape index (κ3) is 2.39. The molecule has 1 aliphatic heterocycles. The van der Waals surface area contributed by atoms with Crippen LogP contribution in [0.4, 0.5) is 0 Å². The van der Waals surface area contributed by atoms with Crippen molar-refractivity contribution < 1.29 is 4.79 Å². The molecule has 1 aromatic heterocycles. The molecule has 114 valence electrons. The summed E-state index contributed by atoms with van der Waals surface area (Å²) < 4.78 is 2.44. The Morgan fingerprint density at radius 1 is 1.19 bits per heavy atom. The van der Waals surface area contributed by atoms with Crippen molar-refractivity contribution in [2.75, 3.05) is 13.1 Å². The highest BCUT2D eigenvalue weighted by Crippen LogP contribution is 2.41. The number of nitrogens with zero attached hydrogens (tertiary/aromatic N) is 3. The molecular formula is C17H25N3O. The molecule has 3 fully saturated rings. The Balaban J connectivity index is 1.52. The van der Waals surface area contributed by atoms with Crippen LogP contribution in [0.5, 0.6) is 0 Å². The zero-order chi connectivity index (χ0) is 14.4. The van der Waals surface area contributed by atoms with E-state index in [9.17, 15) is 4.79 Å². The Kier molecular flexibility index (Phi) is 3.27. The molecule has 0 aromatic carbocycles. The number of rotatable bonds is 3. The van der Waals surface area contributed by atoms with Crippen molar-refractivity contribution in [1.29, 1.82) is 0 Å². The predicted octanol–water partition coefficient (Wildman–Crippen LogP) is 3.03. The Hall–Kier alpha value is -1.32. The van der Waals surface area contributed by atoms with E-state index in [1.165, 1.54) is 37.2 Å². The van der Waals surface area contributed by atoms with Crippen molar-refractivity contribution in [2.45, 2.75) is 63.8 Å². The average molecular weight is 287 g/mol. The van der Waals surface area contributed by atoms with E-state index in [0.29, 0.717) is 23.8 Å². The molecule has 4 nitrogen and oxygen atoms in total. The monoisotopic (exact) mass is 287 g/mol. The van der Waals surface area contributed by atoms with Gasteiger partial charge in [0.15, 0.2) is 0 Å². The zero-order valence-corrected chi connectivity index (χ0v) is 12.9. The van der Waals surface area contributed by atoms with Gasteiger partial charge in [-0.05, 0) is 45.4 Å². The van der Waals surface area contributed by atoms with Crippen LogP contribution in [-0.4, -0.2) is 33.4 Å². The summed E-state index contributed by atoms with van der Waals surface area (Å²) in [6.45, 7) is 4.01. The molecule has 3 aliphatic rings. The van der Waals surface area contributed by atoms with E-state index >= 15 is 0 Å². The van der Waals surface area contributed by atoms with Gasteiger partial charge in [0.05, 0.1) is 6.04 Å². The van der Waals surface area contributed by atoms with E-state index in [1.54, 1.807) is 0 Å². The summed E-state index contributed by atoms with van der Waals surface area (Å²) in [6, 6.07) is 0.445. The molecule has 21 heavy (non-hydrogen) atoms. The van der Waals surface area contributed by atoms with Gasteiger partial charge >= 0.3 is 0 Å². The number of piperidine rings is 1. The van der Waals surface area contributed by atoms with Gasteiger partial charge in [-0.3, -0.25) is 4.79 Å². The second kappa shape index (κ2) is 5.15. The standard InChI is InChI=1S/C17H25N3O/c1-12-10-18-16(13-7-8-13)20(12)15-6-3-9-19(11-15)17(21)14-4-2-5-14/h10,13-15H,2-9,11H2,1H3. The first-order chi connectivity index (χ1) is 10.2. The number of aryl methyl sites for hydroxylation is 1. The topological polar surface area (TPSA) is 38.1 Å². The van der Waals surface area contributed by atoms with Crippen LogP contribution in [0.2, 0.25) is 0 Å². The van der Waals surface area contributed by atoms with Crippen molar-refractivity contribution in [3.05, 3.63) is 17.7 Å². The number of likely N-dealkylation sites (tertiary alicyclic amines) is 1. The van der Waals surface area contributed by atoms with Crippen molar-refractivity contribution in [3.8, 4) is 0 Å². The summed E-state index contributed by atoms with van der Waals surface area (Å²) in [5, 5.41) is 0. The number of hydrogen-bond donors (Lipinski definition) is 0. The molecule has 2 saturated carbocycles. The lowest BCUT2D eigenvalue weighted by molar-refractivity contribution is -0.139. The van der Waals surface area contributed by atoms with E-state index in [0.717, 1.165) is 32.4 Å². The SMILES string of the molecule is Cc1cnc(C2CC2)n1C1CCCN(C(=O)C2CCC2)C1. The van der Waals surface area contributed by atoms with Gasteiger partial charge in [0.2, 0.25) is 5.91 Å². The third-order valence-corrected chi connectivity index (χ3v) is 5.48. The average Bonchev–Trinajstić information content (AvgIpc) is 3.20. The first-order valence-electron chi connectivity index (χ1n) is 8.56.